The topological polar surface area (TPSA) is 48.1 Å². The zero-order valence-electron chi connectivity index (χ0n) is 11.9. The van der Waals surface area contributed by atoms with Crippen LogP contribution in [0.3, 0.4) is 0 Å². The van der Waals surface area contributed by atoms with Crippen LogP contribution in [-0.4, -0.2) is 4.98 Å². The van der Waals surface area contributed by atoms with Gasteiger partial charge in [-0.05, 0) is 24.6 Å². The minimum Gasteiger partial charge on any atom is -0.486 e. The van der Waals surface area contributed by atoms with E-state index in [9.17, 15) is 0 Å². The molecule has 1 atom stereocenters. The molecule has 108 valence electrons. The van der Waals surface area contributed by atoms with Crippen LogP contribution in [-0.2, 0) is 6.61 Å². The van der Waals surface area contributed by atoms with Crippen molar-refractivity contribution >= 4 is 22.9 Å². The Bertz CT molecular complexity index is 581. The quantitative estimate of drug-likeness (QED) is 0.883. The highest BCUT2D eigenvalue weighted by molar-refractivity contribution is 7.09. The van der Waals surface area contributed by atoms with Gasteiger partial charge in [0.2, 0.25) is 0 Å². The van der Waals surface area contributed by atoms with Crippen molar-refractivity contribution in [1.29, 1.82) is 0 Å². The third-order valence-corrected chi connectivity index (χ3v) is 4.41. The van der Waals surface area contributed by atoms with Crippen LogP contribution in [0.15, 0.2) is 23.6 Å². The molecule has 2 rings (SSSR count). The van der Waals surface area contributed by atoms with Gasteiger partial charge in [-0.2, -0.15) is 0 Å². The largest absolute Gasteiger partial charge is 0.486 e. The van der Waals surface area contributed by atoms with Gasteiger partial charge in [0.05, 0.1) is 15.7 Å². The molecule has 0 aliphatic rings. The molecular weight excluding hydrogens is 292 g/mol. The summed E-state index contributed by atoms with van der Waals surface area (Å²) in [7, 11) is 0. The fraction of sp³-hybridized carbons (Fsp3) is 0.400. The number of aromatic nitrogens is 1. The average molecular weight is 311 g/mol. The Morgan fingerprint density at radius 1 is 1.35 bits per heavy atom. The lowest BCUT2D eigenvalue weighted by Crippen LogP contribution is -2.05. The number of hydrogen-bond acceptors (Lipinski definition) is 4. The zero-order valence-corrected chi connectivity index (χ0v) is 13.5. The third-order valence-electron chi connectivity index (χ3n) is 2.92. The van der Waals surface area contributed by atoms with Crippen molar-refractivity contribution in [1.82, 2.24) is 4.98 Å². The number of ether oxygens (including phenoxy) is 1. The van der Waals surface area contributed by atoms with E-state index in [4.69, 9.17) is 22.1 Å². The summed E-state index contributed by atoms with van der Waals surface area (Å²) < 4.78 is 5.72. The SMILES string of the molecule is CC(C)c1nc(COc2ccc([C@H](C)N)cc2Cl)cs1. The number of thiazole rings is 1. The lowest BCUT2D eigenvalue weighted by Gasteiger charge is -2.10. The maximum atomic E-state index is 6.20. The number of benzene rings is 1. The van der Waals surface area contributed by atoms with Crippen molar-refractivity contribution in [3.05, 3.63) is 44.9 Å². The van der Waals surface area contributed by atoms with Crippen LogP contribution in [0.25, 0.3) is 0 Å². The van der Waals surface area contributed by atoms with E-state index in [1.165, 1.54) is 0 Å². The molecule has 0 aliphatic carbocycles. The maximum absolute atomic E-state index is 6.20. The van der Waals surface area contributed by atoms with E-state index in [-0.39, 0.29) is 6.04 Å². The lowest BCUT2D eigenvalue weighted by atomic mass is 10.1. The fourth-order valence-corrected chi connectivity index (χ4v) is 2.79. The highest BCUT2D eigenvalue weighted by atomic mass is 35.5. The first-order valence-electron chi connectivity index (χ1n) is 6.59. The summed E-state index contributed by atoms with van der Waals surface area (Å²) in [5.74, 6) is 1.11. The Balaban J connectivity index is 2.03. The van der Waals surface area contributed by atoms with Crippen molar-refractivity contribution in [2.24, 2.45) is 5.73 Å². The second-order valence-corrected chi connectivity index (χ2v) is 6.40. The average Bonchev–Trinajstić information content (AvgIpc) is 2.86. The standard InChI is InChI=1S/C15H19ClN2OS/c1-9(2)15-18-12(8-20-15)7-19-14-5-4-11(10(3)17)6-13(14)16/h4-6,8-10H,7,17H2,1-3H3/t10-/m0/s1. The lowest BCUT2D eigenvalue weighted by molar-refractivity contribution is 0.302. The first kappa shape index (κ1) is 15.3. The molecule has 2 aromatic rings. The predicted molar refractivity (Wildman–Crippen MR) is 84.6 cm³/mol. The predicted octanol–water partition coefficient (Wildman–Crippen LogP) is 4.52. The summed E-state index contributed by atoms with van der Waals surface area (Å²) in [5.41, 5.74) is 7.76. The van der Waals surface area contributed by atoms with Crippen LogP contribution in [0.4, 0.5) is 0 Å². The molecule has 3 nitrogen and oxygen atoms in total. The summed E-state index contributed by atoms with van der Waals surface area (Å²) in [6.45, 7) is 6.62. The molecule has 0 saturated carbocycles. The number of nitrogens with two attached hydrogens (primary N) is 1. The fourth-order valence-electron chi connectivity index (χ4n) is 1.72. The molecular formula is C15H19ClN2OS. The normalized spacial score (nSPS) is 12.7. The van der Waals surface area contributed by atoms with Gasteiger partial charge >= 0.3 is 0 Å². The molecule has 2 N–H and O–H groups in total. The van der Waals surface area contributed by atoms with Gasteiger partial charge in [0.1, 0.15) is 12.4 Å². The molecule has 1 aromatic heterocycles. The van der Waals surface area contributed by atoms with Crippen molar-refractivity contribution < 1.29 is 4.74 Å². The van der Waals surface area contributed by atoms with Crippen molar-refractivity contribution in [3.63, 3.8) is 0 Å². The molecule has 0 bridgehead atoms. The van der Waals surface area contributed by atoms with Crippen molar-refractivity contribution in [3.8, 4) is 5.75 Å². The Morgan fingerprint density at radius 3 is 2.65 bits per heavy atom. The molecule has 1 aromatic carbocycles. The summed E-state index contributed by atoms with van der Waals surface area (Å²) in [6.07, 6.45) is 0. The summed E-state index contributed by atoms with van der Waals surface area (Å²) in [6, 6.07) is 5.61. The molecule has 5 heteroatoms. The first-order chi connectivity index (χ1) is 9.47. The van der Waals surface area contributed by atoms with Crippen LogP contribution in [0.5, 0.6) is 5.75 Å². The van der Waals surface area contributed by atoms with E-state index in [2.05, 4.69) is 18.8 Å². The molecule has 0 aliphatic heterocycles. The molecule has 0 radical (unpaired) electrons. The molecule has 1 heterocycles. The summed E-state index contributed by atoms with van der Waals surface area (Å²) >= 11 is 7.86. The van der Waals surface area contributed by atoms with Gasteiger partial charge in [0.15, 0.2) is 0 Å². The zero-order chi connectivity index (χ0) is 14.7. The molecule has 0 spiro atoms. The summed E-state index contributed by atoms with van der Waals surface area (Å²) in [5, 5.41) is 3.74. The van der Waals surface area contributed by atoms with Crippen LogP contribution < -0.4 is 10.5 Å². The smallest absolute Gasteiger partial charge is 0.138 e. The Kier molecular flexibility index (Phi) is 5.02. The number of hydrogen-bond donors (Lipinski definition) is 1. The van der Waals surface area contributed by atoms with Gasteiger partial charge in [-0.1, -0.05) is 31.5 Å². The monoisotopic (exact) mass is 310 g/mol. The highest BCUT2D eigenvalue weighted by Gasteiger charge is 2.09. The van der Waals surface area contributed by atoms with E-state index in [1.807, 2.05) is 30.5 Å². The van der Waals surface area contributed by atoms with E-state index in [1.54, 1.807) is 11.3 Å². The van der Waals surface area contributed by atoms with Crippen LogP contribution in [0.1, 0.15) is 49.0 Å². The minimum absolute atomic E-state index is 0.0336. The first-order valence-corrected chi connectivity index (χ1v) is 7.85. The van der Waals surface area contributed by atoms with Crippen molar-refractivity contribution in [2.75, 3.05) is 0 Å². The van der Waals surface area contributed by atoms with Crippen LogP contribution in [0, 0.1) is 0 Å². The second kappa shape index (κ2) is 6.57. The van der Waals surface area contributed by atoms with Crippen LogP contribution in [0.2, 0.25) is 5.02 Å². The van der Waals surface area contributed by atoms with E-state index >= 15 is 0 Å². The van der Waals surface area contributed by atoms with Gasteiger partial charge in [-0.25, -0.2) is 4.98 Å². The van der Waals surface area contributed by atoms with E-state index in [0.717, 1.165) is 16.3 Å². The molecule has 0 amide bonds. The maximum Gasteiger partial charge on any atom is 0.138 e. The molecule has 0 unspecified atom stereocenters. The molecule has 0 saturated heterocycles. The Labute approximate surface area is 128 Å². The van der Waals surface area contributed by atoms with Gasteiger partial charge in [-0.3, -0.25) is 0 Å². The second-order valence-electron chi connectivity index (χ2n) is 5.10. The van der Waals surface area contributed by atoms with Gasteiger partial charge in [0, 0.05) is 17.3 Å². The van der Waals surface area contributed by atoms with Crippen molar-refractivity contribution in [2.45, 2.75) is 39.3 Å². The number of rotatable bonds is 5. The minimum atomic E-state index is -0.0336. The van der Waals surface area contributed by atoms with Crippen LogP contribution >= 0.6 is 22.9 Å². The Hall–Kier alpha value is -1.10. The van der Waals surface area contributed by atoms with E-state index in [0.29, 0.717) is 23.3 Å². The number of halogens is 1. The summed E-state index contributed by atoms with van der Waals surface area (Å²) in [4.78, 5) is 4.53. The number of nitrogens with zero attached hydrogens (tertiary/aromatic N) is 1. The Morgan fingerprint density at radius 2 is 2.10 bits per heavy atom. The molecule has 0 fully saturated rings. The van der Waals surface area contributed by atoms with E-state index < -0.39 is 0 Å². The third kappa shape index (κ3) is 3.72. The van der Waals surface area contributed by atoms with Gasteiger partial charge in [-0.15, -0.1) is 11.3 Å². The van der Waals surface area contributed by atoms with Gasteiger partial charge < -0.3 is 10.5 Å². The molecule has 20 heavy (non-hydrogen) atoms. The van der Waals surface area contributed by atoms with Gasteiger partial charge in [0.25, 0.3) is 0 Å². The highest BCUT2D eigenvalue weighted by Crippen LogP contribution is 2.28.